The van der Waals surface area contributed by atoms with Crippen LogP contribution in [-0.2, 0) is 19.3 Å². The fraction of sp³-hybridized carbons (Fsp3) is 0.368. The van der Waals surface area contributed by atoms with Gasteiger partial charge in [-0.1, -0.05) is 51.3 Å². The minimum atomic E-state index is 0.781. The third kappa shape index (κ3) is 4.12. The van der Waals surface area contributed by atoms with Gasteiger partial charge in [0.2, 0.25) is 0 Å². The van der Waals surface area contributed by atoms with Crippen LogP contribution in [0.15, 0.2) is 54.3 Å². The maximum atomic E-state index is 6.06. The summed E-state index contributed by atoms with van der Waals surface area (Å²) in [6, 6.07) is 6.81. The molecule has 1 aromatic carbocycles. The first-order chi connectivity index (χ1) is 9.53. The Morgan fingerprint density at radius 2 is 1.90 bits per heavy atom. The van der Waals surface area contributed by atoms with E-state index in [0.717, 1.165) is 42.5 Å². The topological polar surface area (TPSA) is 26.0 Å². The highest BCUT2D eigenvalue weighted by molar-refractivity contribution is 5.37. The highest BCUT2D eigenvalue weighted by Gasteiger charge is 2.06. The maximum absolute atomic E-state index is 6.06. The Hall–Kier alpha value is -1.76. The normalized spacial score (nSPS) is 11.9. The Bertz CT molecular complexity index is 521. The second kappa shape index (κ2) is 7.74. The molecule has 0 radical (unpaired) electrons. The minimum absolute atomic E-state index is 0.781. The molecule has 0 aromatic heterocycles. The number of allylic oxidation sites excluding steroid dienone is 3. The molecule has 0 atom stereocenters. The van der Waals surface area contributed by atoms with Gasteiger partial charge >= 0.3 is 0 Å². The van der Waals surface area contributed by atoms with E-state index in [1.54, 1.807) is 6.08 Å². The van der Waals surface area contributed by atoms with E-state index < -0.39 is 0 Å². The highest BCUT2D eigenvalue weighted by atomic mass is 14.6. The van der Waals surface area contributed by atoms with Crippen LogP contribution >= 0.6 is 0 Å². The number of nitrogens with two attached hydrogens (primary N) is 1. The number of benzene rings is 1. The summed E-state index contributed by atoms with van der Waals surface area (Å²) in [6.45, 7) is 14.2. The van der Waals surface area contributed by atoms with Crippen LogP contribution in [0.2, 0.25) is 0 Å². The van der Waals surface area contributed by atoms with Crippen LogP contribution in [0, 0.1) is 0 Å². The quantitative estimate of drug-likeness (QED) is 0.712. The predicted molar refractivity (Wildman–Crippen MR) is 89.7 cm³/mol. The molecule has 0 bridgehead atoms. The second-order valence-electron chi connectivity index (χ2n) is 5.21. The van der Waals surface area contributed by atoms with Gasteiger partial charge in [-0.15, -0.1) is 0 Å². The molecular weight excluding hydrogens is 242 g/mol. The Labute approximate surface area is 123 Å². The standard InChI is InChI=1S/C19H27N/c1-6-14(4)19(20)15(5)9-11-18-12-10-16(7-2)13-17(18)8-3/h6,10,12-13H,1,5,7-9,11,20H2,2-4H3/b19-14+. The zero-order chi connectivity index (χ0) is 15.1. The molecular formula is C19H27N. The smallest absolute Gasteiger partial charge is 0.0370 e. The molecule has 0 heterocycles. The van der Waals surface area contributed by atoms with Gasteiger partial charge < -0.3 is 5.73 Å². The van der Waals surface area contributed by atoms with Crippen molar-refractivity contribution in [3.05, 3.63) is 71.0 Å². The van der Waals surface area contributed by atoms with E-state index in [9.17, 15) is 0 Å². The molecule has 2 N–H and O–H groups in total. The molecule has 0 fully saturated rings. The first-order valence-corrected chi connectivity index (χ1v) is 7.41. The Kier molecular flexibility index (Phi) is 6.30. The summed E-state index contributed by atoms with van der Waals surface area (Å²) in [4.78, 5) is 0. The lowest BCUT2D eigenvalue weighted by atomic mass is 9.95. The van der Waals surface area contributed by atoms with Crippen molar-refractivity contribution in [2.45, 2.75) is 46.5 Å². The molecule has 0 saturated carbocycles. The van der Waals surface area contributed by atoms with Gasteiger partial charge in [-0.25, -0.2) is 0 Å². The molecule has 1 aromatic rings. The van der Waals surface area contributed by atoms with Crippen LogP contribution in [-0.4, -0.2) is 0 Å². The number of hydrogen-bond donors (Lipinski definition) is 1. The van der Waals surface area contributed by atoms with Crippen molar-refractivity contribution in [1.82, 2.24) is 0 Å². The van der Waals surface area contributed by atoms with Crippen molar-refractivity contribution in [2.75, 3.05) is 0 Å². The Balaban J connectivity index is 2.80. The van der Waals surface area contributed by atoms with E-state index in [2.05, 4.69) is 45.2 Å². The van der Waals surface area contributed by atoms with Gasteiger partial charge in [0.1, 0.15) is 0 Å². The monoisotopic (exact) mass is 269 g/mol. The molecule has 1 nitrogen and oxygen atoms in total. The summed E-state index contributed by atoms with van der Waals surface area (Å²) in [5, 5.41) is 0. The summed E-state index contributed by atoms with van der Waals surface area (Å²) < 4.78 is 0. The molecule has 0 amide bonds. The lowest BCUT2D eigenvalue weighted by Crippen LogP contribution is -2.05. The van der Waals surface area contributed by atoms with E-state index in [1.165, 1.54) is 16.7 Å². The highest BCUT2D eigenvalue weighted by Crippen LogP contribution is 2.19. The lowest BCUT2D eigenvalue weighted by Gasteiger charge is -2.12. The predicted octanol–water partition coefficient (Wildman–Crippen LogP) is 4.72. The number of hydrogen-bond acceptors (Lipinski definition) is 1. The first-order valence-electron chi connectivity index (χ1n) is 7.41. The fourth-order valence-corrected chi connectivity index (χ4v) is 2.28. The van der Waals surface area contributed by atoms with Crippen molar-refractivity contribution in [1.29, 1.82) is 0 Å². The van der Waals surface area contributed by atoms with Crippen LogP contribution in [0.25, 0.3) is 0 Å². The van der Waals surface area contributed by atoms with Crippen LogP contribution in [0.1, 0.15) is 43.9 Å². The van der Waals surface area contributed by atoms with Crippen molar-refractivity contribution < 1.29 is 0 Å². The van der Waals surface area contributed by atoms with Gasteiger partial charge in [-0.2, -0.15) is 0 Å². The van der Waals surface area contributed by atoms with Crippen molar-refractivity contribution in [3.63, 3.8) is 0 Å². The van der Waals surface area contributed by atoms with Gasteiger partial charge in [0.25, 0.3) is 0 Å². The molecule has 0 aliphatic heterocycles. The van der Waals surface area contributed by atoms with Gasteiger partial charge in [0.15, 0.2) is 0 Å². The van der Waals surface area contributed by atoms with Crippen LogP contribution in [0.3, 0.4) is 0 Å². The van der Waals surface area contributed by atoms with Gasteiger partial charge in [0.05, 0.1) is 0 Å². The van der Waals surface area contributed by atoms with Crippen LogP contribution < -0.4 is 5.73 Å². The van der Waals surface area contributed by atoms with Crippen LogP contribution in [0.5, 0.6) is 0 Å². The molecule has 1 heteroatoms. The van der Waals surface area contributed by atoms with Gasteiger partial charge in [-0.3, -0.25) is 0 Å². The maximum Gasteiger partial charge on any atom is 0.0370 e. The van der Waals surface area contributed by atoms with E-state index in [4.69, 9.17) is 5.73 Å². The average molecular weight is 269 g/mol. The van der Waals surface area contributed by atoms with E-state index in [0.29, 0.717) is 0 Å². The second-order valence-corrected chi connectivity index (χ2v) is 5.21. The largest absolute Gasteiger partial charge is 0.398 e. The molecule has 0 aliphatic rings. The average Bonchev–Trinajstić information content (AvgIpc) is 2.50. The number of rotatable bonds is 7. The van der Waals surface area contributed by atoms with E-state index >= 15 is 0 Å². The van der Waals surface area contributed by atoms with Crippen LogP contribution in [0.4, 0.5) is 0 Å². The zero-order valence-corrected chi connectivity index (χ0v) is 13.1. The van der Waals surface area contributed by atoms with Crippen molar-refractivity contribution in [3.8, 4) is 0 Å². The summed E-state index contributed by atoms with van der Waals surface area (Å²) in [7, 11) is 0. The molecule has 0 unspecified atom stereocenters. The summed E-state index contributed by atoms with van der Waals surface area (Å²) >= 11 is 0. The molecule has 0 saturated heterocycles. The Morgan fingerprint density at radius 1 is 1.20 bits per heavy atom. The first kappa shape index (κ1) is 16.3. The number of aryl methyl sites for hydroxylation is 3. The molecule has 108 valence electrons. The van der Waals surface area contributed by atoms with Gasteiger partial charge in [0, 0.05) is 5.70 Å². The van der Waals surface area contributed by atoms with E-state index in [1.807, 2.05) is 6.92 Å². The van der Waals surface area contributed by atoms with Crippen molar-refractivity contribution >= 4 is 0 Å². The molecule has 20 heavy (non-hydrogen) atoms. The van der Waals surface area contributed by atoms with Crippen molar-refractivity contribution in [2.24, 2.45) is 5.73 Å². The third-order valence-electron chi connectivity index (χ3n) is 3.87. The molecule has 0 spiro atoms. The fourth-order valence-electron chi connectivity index (χ4n) is 2.28. The summed E-state index contributed by atoms with van der Waals surface area (Å²) in [5.41, 5.74) is 13.1. The molecule has 0 aliphatic carbocycles. The van der Waals surface area contributed by atoms with Gasteiger partial charge in [-0.05, 0) is 60.4 Å². The Morgan fingerprint density at radius 3 is 2.45 bits per heavy atom. The summed E-state index contributed by atoms with van der Waals surface area (Å²) in [5.74, 6) is 0. The lowest BCUT2D eigenvalue weighted by molar-refractivity contribution is 0.913. The third-order valence-corrected chi connectivity index (χ3v) is 3.87. The minimum Gasteiger partial charge on any atom is -0.398 e. The summed E-state index contributed by atoms with van der Waals surface area (Å²) in [6.07, 6.45) is 5.85. The molecule has 1 rings (SSSR count). The van der Waals surface area contributed by atoms with E-state index in [-0.39, 0.29) is 0 Å². The SMILES string of the molecule is C=C/C(C)=C(/N)C(=C)CCc1ccc(CC)cc1CC. The zero-order valence-electron chi connectivity index (χ0n) is 13.1.